The molecule has 3 N–H and O–H groups in total. The lowest BCUT2D eigenvalue weighted by Gasteiger charge is -2.17. The Bertz CT molecular complexity index is 1210. The standard InChI is InChI=1S/C26H25N3O3/c30-20-11-8-17(9-12-20)14-24(26-28-22-6-1-2-7-23(22)29-26)27-25(31)16-32-21-13-10-18-4-3-5-19(18)15-21/h1-2,6-13,15,24,30H,3-5,14,16H2,(H,27,31)(H,28,29)/t24-/m1/s1. The van der Waals surface area contributed by atoms with Crippen LogP contribution in [-0.4, -0.2) is 27.6 Å². The predicted octanol–water partition coefficient (Wildman–Crippen LogP) is 4.24. The molecule has 1 amide bonds. The molecule has 4 aromatic rings. The molecule has 1 aromatic heterocycles. The maximum Gasteiger partial charge on any atom is 0.258 e. The molecular formula is C26H25N3O3. The summed E-state index contributed by atoms with van der Waals surface area (Å²) in [6, 6.07) is 20.5. The summed E-state index contributed by atoms with van der Waals surface area (Å²) in [7, 11) is 0. The second-order valence-corrected chi connectivity index (χ2v) is 8.20. The van der Waals surface area contributed by atoms with Crippen molar-refractivity contribution in [3.8, 4) is 11.5 Å². The van der Waals surface area contributed by atoms with E-state index >= 15 is 0 Å². The number of H-pyrrole nitrogens is 1. The van der Waals surface area contributed by atoms with E-state index in [1.807, 2.05) is 48.5 Å². The average Bonchev–Trinajstić information content (AvgIpc) is 3.45. The van der Waals surface area contributed by atoms with Gasteiger partial charge in [0.05, 0.1) is 17.1 Å². The number of aromatic hydroxyl groups is 1. The lowest BCUT2D eigenvalue weighted by molar-refractivity contribution is -0.123. The van der Waals surface area contributed by atoms with Gasteiger partial charge >= 0.3 is 0 Å². The average molecular weight is 428 g/mol. The second kappa shape index (κ2) is 8.75. The maximum atomic E-state index is 12.8. The number of nitrogens with zero attached hydrogens (tertiary/aromatic N) is 1. The van der Waals surface area contributed by atoms with Crippen LogP contribution in [0.2, 0.25) is 0 Å². The Morgan fingerprint density at radius 2 is 1.88 bits per heavy atom. The number of rotatable bonds is 7. The number of carbonyl (C=O) groups excluding carboxylic acids is 1. The monoisotopic (exact) mass is 427 g/mol. The van der Waals surface area contributed by atoms with E-state index in [4.69, 9.17) is 4.74 Å². The van der Waals surface area contributed by atoms with Crippen molar-refractivity contribution in [2.45, 2.75) is 31.7 Å². The number of phenolic OH excluding ortho intramolecular Hbond substituents is 1. The Balaban J connectivity index is 1.31. The lowest BCUT2D eigenvalue weighted by Crippen LogP contribution is -2.34. The number of nitrogens with one attached hydrogen (secondary N) is 2. The molecule has 0 saturated carbocycles. The van der Waals surface area contributed by atoms with Gasteiger partial charge in [0.15, 0.2) is 6.61 Å². The van der Waals surface area contributed by atoms with E-state index in [2.05, 4.69) is 21.4 Å². The van der Waals surface area contributed by atoms with Gasteiger partial charge in [0.1, 0.15) is 17.3 Å². The number of imidazole rings is 1. The number of hydrogen-bond donors (Lipinski definition) is 3. The van der Waals surface area contributed by atoms with Gasteiger partial charge < -0.3 is 20.1 Å². The molecule has 1 aliphatic carbocycles. The number of aromatic nitrogens is 2. The van der Waals surface area contributed by atoms with E-state index in [-0.39, 0.29) is 24.3 Å². The highest BCUT2D eigenvalue weighted by Gasteiger charge is 2.20. The molecule has 3 aromatic carbocycles. The summed E-state index contributed by atoms with van der Waals surface area (Å²) < 4.78 is 5.78. The smallest absolute Gasteiger partial charge is 0.258 e. The van der Waals surface area contributed by atoms with Crippen molar-refractivity contribution in [2.24, 2.45) is 0 Å². The topological polar surface area (TPSA) is 87.2 Å². The van der Waals surface area contributed by atoms with Gasteiger partial charge in [-0.1, -0.05) is 30.3 Å². The van der Waals surface area contributed by atoms with Crippen LogP contribution >= 0.6 is 0 Å². The van der Waals surface area contributed by atoms with Crippen LogP contribution in [0.25, 0.3) is 11.0 Å². The van der Waals surface area contributed by atoms with Gasteiger partial charge in [-0.05, 0) is 78.8 Å². The van der Waals surface area contributed by atoms with Crippen LogP contribution in [0.4, 0.5) is 0 Å². The van der Waals surface area contributed by atoms with Crippen molar-refractivity contribution in [2.75, 3.05) is 6.61 Å². The minimum atomic E-state index is -0.358. The molecular weight excluding hydrogens is 402 g/mol. The van der Waals surface area contributed by atoms with Crippen LogP contribution in [0, 0.1) is 0 Å². The Morgan fingerprint density at radius 1 is 1.06 bits per heavy atom. The first kappa shape index (κ1) is 20.1. The molecule has 5 rings (SSSR count). The third-order valence-electron chi connectivity index (χ3n) is 5.89. The SMILES string of the molecule is O=C(COc1ccc2c(c1)CCC2)N[C@H](Cc1ccc(O)cc1)c1nc2ccccc2[nH]1. The fourth-order valence-corrected chi connectivity index (χ4v) is 4.24. The molecule has 1 atom stereocenters. The maximum absolute atomic E-state index is 12.8. The van der Waals surface area contributed by atoms with Gasteiger partial charge in [-0.25, -0.2) is 4.98 Å². The van der Waals surface area contributed by atoms with E-state index in [0.717, 1.165) is 35.2 Å². The van der Waals surface area contributed by atoms with Crippen molar-refractivity contribution in [3.05, 3.63) is 89.2 Å². The molecule has 0 fully saturated rings. The molecule has 0 aliphatic heterocycles. The lowest BCUT2D eigenvalue weighted by atomic mass is 10.1. The number of amides is 1. The summed E-state index contributed by atoms with van der Waals surface area (Å²) in [6.07, 6.45) is 3.90. The molecule has 0 unspecified atom stereocenters. The van der Waals surface area contributed by atoms with Crippen LogP contribution in [0.1, 0.15) is 35.0 Å². The van der Waals surface area contributed by atoms with E-state index in [1.165, 1.54) is 17.5 Å². The third-order valence-corrected chi connectivity index (χ3v) is 5.89. The number of phenols is 1. The summed E-state index contributed by atoms with van der Waals surface area (Å²) in [5.74, 6) is 1.40. The number of fused-ring (bicyclic) bond motifs is 2. The number of para-hydroxylation sites is 2. The Labute approximate surface area is 186 Å². The first-order valence-corrected chi connectivity index (χ1v) is 10.9. The van der Waals surface area contributed by atoms with E-state index in [9.17, 15) is 9.90 Å². The zero-order chi connectivity index (χ0) is 21.9. The van der Waals surface area contributed by atoms with Gasteiger partial charge in [-0.3, -0.25) is 4.79 Å². The van der Waals surface area contributed by atoms with Gasteiger partial charge in [0.2, 0.25) is 0 Å². The highest BCUT2D eigenvalue weighted by molar-refractivity contribution is 5.78. The molecule has 6 heteroatoms. The zero-order valence-electron chi connectivity index (χ0n) is 17.7. The van der Waals surface area contributed by atoms with E-state index in [0.29, 0.717) is 12.2 Å². The van der Waals surface area contributed by atoms with Crippen LogP contribution in [-0.2, 0) is 24.1 Å². The van der Waals surface area contributed by atoms with Crippen molar-refractivity contribution in [1.29, 1.82) is 0 Å². The molecule has 162 valence electrons. The quantitative estimate of drug-likeness (QED) is 0.412. The Morgan fingerprint density at radius 3 is 2.72 bits per heavy atom. The molecule has 0 radical (unpaired) electrons. The summed E-state index contributed by atoms with van der Waals surface area (Å²) in [5, 5.41) is 12.6. The molecule has 32 heavy (non-hydrogen) atoms. The van der Waals surface area contributed by atoms with E-state index < -0.39 is 0 Å². The normalized spacial score (nSPS) is 13.6. The predicted molar refractivity (Wildman–Crippen MR) is 123 cm³/mol. The van der Waals surface area contributed by atoms with E-state index in [1.54, 1.807) is 12.1 Å². The minimum Gasteiger partial charge on any atom is -0.508 e. The number of hydrogen-bond acceptors (Lipinski definition) is 4. The van der Waals surface area contributed by atoms with Crippen LogP contribution in [0.5, 0.6) is 11.5 Å². The molecule has 1 aliphatic rings. The van der Waals surface area contributed by atoms with Gasteiger partial charge in [-0.15, -0.1) is 0 Å². The van der Waals surface area contributed by atoms with Crippen LogP contribution < -0.4 is 10.1 Å². The fourth-order valence-electron chi connectivity index (χ4n) is 4.24. The number of ether oxygens (including phenoxy) is 1. The van der Waals surface area contributed by atoms with Crippen LogP contribution in [0.3, 0.4) is 0 Å². The Hall–Kier alpha value is -3.80. The van der Waals surface area contributed by atoms with Gasteiger partial charge in [0, 0.05) is 0 Å². The van der Waals surface area contributed by atoms with Gasteiger partial charge in [-0.2, -0.15) is 0 Å². The van der Waals surface area contributed by atoms with Crippen molar-refractivity contribution in [1.82, 2.24) is 15.3 Å². The van der Waals surface area contributed by atoms with Crippen molar-refractivity contribution < 1.29 is 14.6 Å². The number of benzene rings is 3. The number of carbonyl (C=O) groups is 1. The largest absolute Gasteiger partial charge is 0.508 e. The number of aryl methyl sites for hydroxylation is 2. The highest BCUT2D eigenvalue weighted by Crippen LogP contribution is 2.26. The zero-order valence-corrected chi connectivity index (χ0v) is 17.7. The highest BCUT2D eigenvalue weighted by atomic mass is 16.5. The Kier molecular flexibility index (Phi) is 5.50. The van der Waals surface area contributed by atoms with Crippen molar-refractivity contribution in [3.63, 3.8) is 0 Å². The van der Waals surface area contributed by atoms with Crippen LogP contribution in [0.15, 0.2) is 66.7 Å². The fraction of sp³-hybridized carbons (Fsp3) is 0.231. The molecule has 6 nitrogen and oxygen atoms in total. The summed E-state index contributed by atoms with van der Waals surface area (Å²) >= 11 is 0. The molecule has 0 saturated heterocycles. The first-order valence-electron chi connectivity index (χ1n) is 10.9. The minimum absolute atomic E-state index is 0.0644. The molecule has 0 spiro atoms. The summed E-state index contributed by atoms with van der Waals surface area (Å²) in [5.41, 5.74) is 5.44. The second-order valence-electron chi connectivity index (χ2n) is 8.20. The molecule has 0 bridgehead atoms. The molecule has 1 heterocycles. The summed E-state index contributed by atoms with van der Waals surface area (Å²) in [4.78, 5) is 20.8. The summed E-state index contributed by atoms with van der Waals surface area (Å²) in [6.45, 7) is -0.0644. The first-order chi connectivity index (χ1) is 15.6. The van der Waals surface area contributed by atoms with Gasteiger partial charge in [0.25, 0.3) is 5.91 Å². The third kappa shape index (κ3) is 4.44. The van der Waals surface area contributed by atoms with Crippen molar-refractivity contribution >= 4 is 16.9 Å². The number of aromatic amines is 1.